The molecule has 0 spiro atoms. The van der Waals surface area contributed by atoms with Crippen LogP contribution in [-0.4, -0.2) is 14.5 Å². The van der Waals surface area contributed by atoms with E-state index in [1.807, 2.05) is 36.3 Å². The van der Waals surface area contributed by atoms with Crippen LogP contribution in [0, 0.1) is 0 Å². The molecule has 0 aliphatic rings. The van der Waals surface area contributed by atoms with Gasteiger partial charge >= 0.3 is 0 Å². The average Bonchev–Trinajstić information content (AvgIpc) is 2.84. The minimum Gasteiger partial charge on any atom is -0.337 e. The van der Waals surface area contributed by atoms with Gasteiger partial charge in [0.15, 0.2) is 0 Å². The first kappa shape index (κ1) is 11.9. The number of imidazole rings is 1. The average molecular weight is 252 g/mol. The highest BCUT2D eigenvalue weighted by Crippen LogP contribution is 2.13. The van der Waals surface area contributed by atoms with Gasteiger partial charge in [-0.1, -0.05) is 12.1 Å². The smallest absolute Gasteiger partial charge is 0.122 e. The molecule has 0 saturated heterocycles. The van der Waals surface area contributed by atoms with Gasteiger partial charge in [-0.25, -0.2) is 4.98 Å². The molecule has 0 bridgehead atoms. The summed E-state index contributed by atoms with van der Waals surface area (Å²) in [5.41, 5.74) is 2.30. The molecule has 0 atom stereocenters. The van der Waals surface area contributed by atoms with E-state index in [9.17, 15) is 0 Å². The van der Waals surface area contributed by atoms with E-state index in [1.54, 1.807) is 0 Å². The van der Waals surface area contributed by atoms with Gasteiger partial charge < -0.3 is 9.88 Å². The standard InChI is InChI=1S/C15H16N4/c1-19-8-7-18-15(19)11-16-10-12-4-5-14-13(9-12)3-2-6-17-14/h2-9,16H,10-11H2,1H3. The molecule has 1 aromatic carbocycles. The first-order valence-corrected chi connectivity index (χ1v) is 6.33. The minimum absolute atomic E-state index is 0.772. The van der Waals surface area contributed by atoms with Crippen molar-refractivity contribution >= 4 is 10.9 Å². The highest BCUT2D eigenvalue weighted by Gasteiger charge is 2.00. The Balaban J connectivity index is 1.67. The second kappa shape index (κ2) is 5.20. The Labute approximate surface area is 112 Å². The Morgan fingerprint density at radius 3 is 2.89 bits per heavy atom. The van der Waals surface area contributed by atoms with E-state index in [4.69, 9.17) is 0 Å². The summed E-state index contributed by atoms with van der Waals surface area (Å²) in [5, 5.41) is 4.59. The summed E-state index contributed by atoms with van der Waals surface area (Å²) in [6.07, 6.45) is 5.60. The van der Waals surface area contributed by atoms with Crippen molar-refractivity contribution in [3.8, 4) is 0 Å². The Kier molecular flexibility index (Phi) is 3.25. The van der Waals surface area contributed by atoms with Crippen molar-refractivity contribution in [2.45, 2.75) is 13.1 Å². The number of pyridine rings is 1. The number of rotatable bonds is 4. The zero-order valence-corrected chi connectivity index (χ0v) is 10.9. The molecule has 1 N–H and O–H groups in total. The normalized spacial score (nSPS) is 11.0. The van der Waals surface area contributed by atoms with Crippen LogP contribution in [0.1, 0.15) is 11.4 Å². The van der Waals surface area contributed by atoms with Crippen LogP contribution in [0.15, 0.2) is 48.9 Å². The summed E-state index contributed by atoms with van der Waals surface area (Å²) in [6, 6.07) is 10.4. The molecule has 4 heteroatoms. The number of aryl methyl sites for hydroxylation is 1. The maximum atomic E-state index is 4.32. The lowest BCUT2D eigenvalue weighted by molar-refractivity contribution is 0.639. The Hall–Kier alpha value is -2.20. The Bertz CT molecular complexity index is 687. The predicted octanol–water partition coefficient (Wildman–Crippen LogP) is 2.26. The number of hydrogen-bond acceptors (Lipinski definition) is 3. The topological polar surface area (TPSA) is 42.7 Å². The molecule has 0 aliphatic carbocycles. The van der Waals surface area contributed by atoms with Gasteiger partial charge in [0, 0.05) is 37.6 Å². The molecule has 0 unspecified atom stereocenters. The number of hydrogen-bond donors (Lipinski definition) is 1. The molecule has 0 radical (unpaired) electrons. The van der Waals surface area contributed by atoms with Gasteiger partial charge in [0.2, 0.25) is 0 Å². The van der Waals surface area contributed by atoms with Crippen LogP contribution in [-0.2, 0) is 20.1 Å². The summed E-state index contributed by atoms with van der Waals surface area (Å²) in [6.45, 7) is 1.60. The molecule has 0 amide bonds. The molecule has 2 heterocycles. The Morgan fingerprint density at radius 2 is 2.05 bits per heavy atom. The van der Waals surface area contributed by atoms with Crippen LogP contribution >= 0.6 is 0 Å². The van der Waals surface area contributed by atoms with Crippen LogP contribution < -0.4 is 5.32 Å². The molecule has 3 aromatic rings. The lowest BCUT2D eigenvalue weighted by Crippen LogP contribution is -2.15. The van der Waals surface area contributed by atoms with Crippen molar-refractivity contribution in [2.24, 2.45) is 7.05 Å². The third-order valence-corrected chi connectivity index (χ3v) is 3.20. The molecule has 3 rings (SSSR count). The summed E-state index contributed by atoms with van der Waals surface area (Å²) in [4.78, 5) is 8.61. The fourth-order valence-electron chi connectivity index (χ4n) is 2.12. The van der Waals surface area contributed by atoms with E-state index >= 15 is 0 Å². The molecular weight excluding hydrogens is 236 g/mol. The van der Waals surface area contributed by atoms with Crippen LogP contribution in [0.2, 0.25) is 0 Å². The third-order valence-electron chi connectivity index (χ3n) is 3.20. The summed E-state index contributed by atoms with van der Waals surface area (Å²) in [5.74, 6) is 1.04. The van der Waals surface area contributed by atoms with Crippen LogP contribution in [0.5, 0.6) is 0 Å². The van der Waals surface area contributed by atoms with E-state index in [-0.39, 0.29) is 0 Å². The monoisotopic (exact) mass is 252 g/mol. The van der Waals surface area contributed by atoms with E-state index in [0.717, 1.165) is 24.4 Å². The highest BCUT2D eigenvalue weighted by atomic mass is 15.1. The third kappa shape index (κ3) is 2.63. The zero-order chi connectivity index (χ0) is 13.1. The fraction of sp³-hybridized carbons (Fsp3) is 0.200. The van der Waals surface area contributed by atoms with Crippen molar-refractivity contribution < 1.29 is 0 Å². The van der Waals surface area contributed by atoms with Gasteiger partial charge in [0.05, 0.1) is 12.1 Å². The highest BCUT2D eigenvalue weighted by molar-refractivity contribution is 5.78. The van der Waals surface area contributed by atoms with Crippen LogP contribution in [0.25, 0.3) is 10.9 Å². The summed E-state index contributed by atoms with van der Waals surface area (Å²) in [7, 11) is 2.01. The first-order valence-electron chi connectivity index (χ1n) is 6.33. The van der Waals surface area contributed by atoms with Crippen molar-refractivity contribution in [3.63, 3.8) is 0 Å². The van der Waals surface area contributed by atoms with E-state index < -0.39 is 0 Å². The maximum absolute atomic E-state index is 4.32. The number of nitrogens with one attached hydrogen (secondary N) is 1. The predicted molar refractivity (Wildman–Crippen MR) is 75.5 cm³/mol. The van der Waals surface area contributed by atoms with Crippen molar-refractivity contribution in [2.75, 3.05) is 0 Å². The fourth-order valence-corrected chi connectivity index (χ4v) is 2.12. The summed E-state index contributed by atoms with van der Waals surface area (Å²) < 4.78 is 2.03. The van der Waals surface area contributed by atoms with Crippen molar-refractivity contribution in [1.29, 1.82) is 0 Å². The molecule has 2 aromatic heterocycles. The number of nitrogens with zero attached hydrogens (tertiary/aromatic N) is 3. The van der Waals surface area contributed by atoms with Gasteiger partial charge in [0.25, 0.3) is 0 Å². The SMILES string of the molecule is Cn1ccnc1CNCc1ccc2ncccc2c1. The molecule has 19 heavy (non-hydrogen) atoms. The van der Waals surface area contributed by atoms with Gasteiger partial charge in [0.1, 0.15) is 5.82 Å². The van der Waals surface area contributed by atoms with Crippen LogP contribution in [0.4, 0.5) is 0 Å². The first-order chi connectivity index (χ1) is 9.33. The lowest BCUT2D eigenvalue weighted by Gasteiger charge is -2.06. The number of benzene rings is 1. The van der Waals surface area contributed by atoms with Gasteiger partial charge in [-0.15, -0.1) is 0 Å². The molecule has 96 valence electrons. The second-order valence-corrected chi connectivity index (χ2v) is 4.59. The van der Waals surface area contributed by atoms with Crippen LogP contribution in [0.3, 0.4) is 0 Å². The maximum Gasteiger partial charge on any atom is 0.122 e. The molecule has 0 saturated carbocycles. The van der Waals surface area contributed by atoms with E-state index in [1.165, 1.54) is 10.9 Å². The minimum atomic E-state index is 0.772. The zero-order valence-electron chi connectivity index (χ0n) is 10.9. The second-order valence-electron chi connectivity index (χ2n) is 4.59. The lowest BCUT2D eigenvalue weighted by atomic mass is 10.1. The summed E-state index contributed by atoms with van der Waals surface area (Å²) >= 11 is 0. The largest absolute Gasteiger partial charge is 0.337 e. The van der Waals surface area contributed by atoms with Gasteiger partial charge in [-0.3, -0.25) is 4.98 Å². The van der Waals surface area contributed by atoms with E-state index in [2.05, 4.69) is 39.6 Å². The quantitative estimate of drug-likeness (QED) is 0.774. The molecule has 0 fully saturated rings. The van der Waals surface area contributed by atoms with Crippen molar-refractivity contribution in [3.05, 3.63) is 60.3 Å². The van der Waals surface area contributed by atoms with Gasteiger partial charge in [-0.05, 0) is 23.8 Å². The van der Waals surface area contributed by atoms with Crippen molar-refractivity contribution in [1.82, 2.24) is 19.9 Å². The number of aromatic nitrogens is 3. The van der Waals surface area contributed by atoms with E-state index in [0.29, 0.717) is 0 Å². The Morgan fingerprint density at radius 1 is 1.11 bits per heavy atom. The molecule has 4 nitrogen and oxygen atoms in total. The number of fused-ring (bicyclic) bond motifs is 1. The molecule has 0 aliphatic heterocycles. The van der Waals surface area contributed by atoms with Gasteiger partial charge in [-0.2, -0.15) is 0 Å². The molecular formula is C15H16N4.